The average molecular weight is 332 g/mol. The molecule has 0 radical (unpaired) electrons. The third-order valence-electron chi connectivity index (χ3n) is 6.07. The molecule has 4 aliphatic rings. The van der Waals surface area contributed by atoms with E-state index in [1.807, 2.05) is 13.8 Å². The molecule has 132 valence electrons. The zero-order valence-corrected chi connectivity index (χ0v) is 13.6. The molecule has 4 heterocycles. The van der Waals surface area contributed by atoms with Crippen molar-refractivity contribution in [1.29, 1.82) is 0 Å². The van der Waals surface area contributed by atoms with Gasteiger partial charge in [-0.15, -0.1) is 0 Å². The van der Waals surface area contributed by atoms with Crippen LogP contribution in [0.2, 0.25) is 0 Å². The molecule has 0 aliphatic carbocycles. The van der Waals surface area contributed by atoms with Crippen LogP contribution in [0.3, 0.4) is 0 Å². The summed E-state index contributed by atoms with van der Waals surface area (Å²) < 4.78 is 0. The van der Waals surface area contributed by atoms with Crippen molar-refractivity contribution in [2.24, 2.45) is 10.8 Å². The molecule has 0 saturated carbocycles. The second kappa shape index (κ2) is 5.45. The molecule has 4 rings (SSSR count). The lowest BCUT2D eigenvalue weighted by Gasteiger charge is -2.59. The van der Waals surface area contributed by atoms with Gasteiger partial charge in [0.15, 0.2) is 11.9 Å². The van der Waals surface area contributed by atoms with Crippen LogP contribution < -0.4 is 9.80 Å². The Bertz CT molecular complexity index is 460. The predicted molar refractivity (Wildman–Crippen MR) is 77.5 cm³/mol. The molecule has 4 bridgehead atoms. The number of hydrogen-bond acceptors (Lipinski definition) is 6. The molecule has 0 unspecified atom stereocenters. The Balaban J connectivity index is 1.80. The Labute approximate surface area is 134 Å². The van der Waals surface area contributed by atoms with Crippen LogP contribution in [0.4, 0.5) is 0 Å². The summed E-state index contributed by atoms with van der Waals surface area (Å²) in [6.07, 6.45) is -6.24. The smallest absolute Gasteiger partial charge is 0.242 e. The van der Waals surface area contributed by atoms with Gasteiger partial charge in [-0.25, -0.2) is 0 Å². The number of ketones is 1. The van der Waals surface area contributed by atoms with E-state index >= 15 is 0 Å². The number of piperidine rings is 2. The van der Waals surface area contributed by atoms with Crippen molar-refractivity contribution < 1.29 is 40.1 Å². The van der Waals surface area contributed by atoms with Crippen molar-refractivity contribution in [3.63, 3.8) is 0 Å². The highest BCUT2D eigenvalue weighted by molar-refractivity contribution is 5.91. The molecular weight excluding hydrogens is 304 g/mol. The van der Waals surface area contributed by atoms with Crippen LogP contribution in [0, 0.1) is 10.8 Å². The Morgan fingerprint density at radius 2 is 1.43 bits per heavy atom. The molecule has 4 fully saturated rings. The monoisotopic (exact) mass is 332 g/mol. The van der Waals surface area contributed by atoms with E-state index in [2.05, 4.69) is 0 Å². The van der Waals surface area contributed by atoms with Crippen LogP contribution in [0.15, 0.2) is 0 Å². The first kappa shape index (κ1) is 17.2. The fraction of sp³-hybridized carbons (Fsp3) is 0.933. The third-order valence-corrected chi connectivity index (χ3v) is 6.07. The van der Waals surface area contributed by atoms with Gasteiger partial charge in [-0.3, -0.25) is 14.6 Å². The van der Waals surface area contributed by atoms with E-state index in [1.165, 1.54) is 0 Å². The summed E-state index contributed by atoms with van der Waals surface area (Å²) in [5, 5.41) is 49.0. The van der Waals surface area contributed by atoms with E-state index in [-0.39, 0.29) is 6.17 Å². The second-order valence-corrected chi connectivity index (χ2v) is 8.17. The zero-order valence-electron chi connectivity index (χ0n) is 13.6. The highest BCUT2D eigenvalue weighted by Gasteiger charge is 2.69. The van der Waals surface area contributed by atoms with Crippen LogP contribution in [0.1, 0.15) is 13.8 Å². The quantitative estimate of drug-likeness (QED) is 0.269. The van der Waals surface area contributed by atoms with E-state index in [0.717, 1.165) is 9.80 Å². The van der Waals surface area contributed by atoms with Crippen LogP contribution in [0.5, 0.6) is 0 Å². The number of aliphatic hydroxyl groups excluding tert-OH is 5. The maximum atomic E-state index is 12.6. The Morgan fingerprint density at radius 1 is 1.00 bits per heavy atom. The largest absolute Gasteiger partial charge is 0.394 e. The molecule has 0 amide bonds. The summed E-state index contributed by atoms with van der Waals surface area (Å²) in [6, 6.07) is 0. The first-order valence-electron chi connectivity index (χ1n) is 8.20. The van der Waals surface area contributed by atoms with Gasteiger partial charge >= 0.3 is 0 Å². The second-order valence-electron chi connectivity index (χ2n) is 8.17. The summed E-state index contributed by atoms with van der Waals surface area (Å²) >= 11 is 0. The lowest BCUT2D eigenvalue weighted by atomic mass is 9.61. The summed E-state index contributed by atoms with van der Waals surface area (Å²) in [5.74, 6) is 0.293. The number of carbonyl (C=O) groups excluding carboxylic acids is 1. The minimum atomic E-state index is -1.61. The fourth-order valence-corrected chi connectivity index (χ4v) is 5.25. The van der Waals surface area contributed by atoms with Gasteiger partial charge in [0.05, 0.1) is 32.8 Å². The van der Waals surface area contributed by atoms with Crippen LogP contribution >= 0.6 is 0 Å². The molecular formula is C15H28N2O6+2. The molecule has 8 nitrogen and oxygen atoms in total. The molecule has 4 saturated heterocycles. The van der Waals surface area contributed by atoms with Gasteiger partial charge in [0.25, 0.3) is 0 Å². The predicted octanol–water partition coefficient (Wildman–Crippen LogP) is -5.86. The van der Waals surface area contributed by atoms with Gasteiger partial charge in [-0.1, -0.05) is 0 Å². The SMILES string of the molecule is CC12C[NH+]3CC(C)(C[NH+](C1)C3[C@H](O)[C@@H](O)[C@H](O)[C@H](O)CO)C2=O. The van der Waals surface area contributed by atoms with Crippen molar-refractivity contribution in [3.8, 4) is 0 Å². The van der Waals surface area contributed by atoms with Crippen molar-refractivity contribution in [1.82, 2.24) is 0 Å². The van der Waals surface area contributed by atoms with E-state index in [9.17, 15) is 25.2 Å². The van der Waals surface area contributed by atoms with E-state index in [0.29, 0.717) is 32.0 Å². The average Bonchev–Trinajstić information content (AvgIpc) is 2.48. The van der Waals surface area contributed by atoms with Gasteiger partial charge in [0.1, 0.15) is 29.1 Å². The van der Waals surface area contributed by atoms with Gasteiger partial charge in [0.2, 0.25) is 6.17 Å². The maximum absolute atomic E-state index is 12.6. The fourth-order valence-electron chi connectivity index (χ4n) is 5.25. The number of rotatable bonds is 5. The summed E-state index contributed by atoms with van der Waals surface area (Å²) in [7, 11) is 0. The molecule has 4 atom stereocenters. The Hall–Kier alpha value is -0.610. The van der Waals surface area contributed by atoms with Crippen LogP contribution in [-0.4, -0.2) is 94.7 Å². The Kier molecular flexibility index (Phi) is 4.08. The molecule has 0 spiro atoms. The van der Waals surface area contributed by atoms with Gasteiger partial charge < -0.3 is 25.5 Å². The number of Topliss-reactive ketones (excluding diaryl/α,β-unsaturated/α-hetero) is 1. The highest BCUT2D eigenvalue weighted by Crippen LogP contribution is 2.34. The molecule has 0 aromatic rings. The molecule has 7 N–H and O–H groups in total. The van der Waals surface area contributed by atoms with E-state index < -0.39 is 41.9 Å². The number of carbonyl (C=O) groups is 1. The molecule has 23 heavy (non-hydrogen) atoms. The van der Waals surface area contributed by atoms with Crippen LogP contribution in [-0.2, 0) is 4.79 Å². The highest BCUT2D eigenvalue weighted by atomic mass is 16.4. The molecule has 0 aromatic heterocycles. The Morgan fingerprint density at radius 3 is 1.83 bits per heavy atom. The van der Waals surface area contributed by atoms with Crippen molar-refractivity contribution in [3.05, 3.63) is 0 Å². The molecule has 4 aliphatic heterocycles. The molecule has 0 aromatic carbocycles. The summed E-state index contributed by atoms with van der Waals surface area (Å²) in [6.45, 7) is 5.68. The van der Waals surface area contributed by atoms with Gasteiger partial charge in [0, 0.05) is 0 Å². The first-order chi connectivity index (χ1) is 10.6. The zero-order chi connectivity index (χ0) is 17.2. The lowest BCUT2D eigenvalue weighted by molar-refractivity contribution is -1.17. The summed E-state index contributed by atoms with van der Waals surface area (Å²) in [4.78, 5) is 14.7. The van der Waals surface area contributed by atoms with E-state index in [4.69, 9.17) is 5.11 Å². The molecule has 8 heteroatoms. The van der Waals surface area contributed by atoms with E-state index in [1.54, 1.807) is 0 Å². The number of nitrogens with one attached hydrogen (secondary N) is 2. The van der Waals surface area contributed by atoms with Gasteiger partial charge in [-0.05, 0) is 13.8 Å². The normalized spacial score (nSPS) is 47.4. The number of hydrogen-bond donors (Lipinski definition) is 7. The standard InChI is InChI=1S/C15H26N2O6/c1-14-4-16-6-15(2,13(14)23)7-17(5-14)12(16)11(22)10(21)9(20)8(19)3-18/h8-12,18-22H,3-7H2,1-2H3/p+2/t8-,9-,10+,11-,12?,14?,15?/m1/s1. The van der Waals surface area contributed by atoms with Crippen molar-refractivity contribution in [2.45, 2.75) is 44.4 Å². The minimum absolute atomic E-state index is 0.293. The summed E-state index contributed by atoms with van der Waals surface area (Å²) in [5.41, 5.74) is -0.805. The number of aliphatic hydroxyl groups is 5. The lowest BCUT2D eigenvalue weighted by Crippen LogP contribution is -3.46. The number of quaternary nitrogens is 2. The first-order valence-corrected chi connectivity index (χ1v) is 8.20. The van der Waals surface area contributed by atoms with Crippen LogP contribution in [0.25, 0.3) is 0 Å². The maximum Gasteiger partial charge on any atom is 0.242 e. The van der Waals surface area contributed by atoms with Crippen molar-refractivity contribution in [2.75, 3.05) is 32.8 Å². The minimum Gasteiger partial charge on any atom is -0.394 e. The van der Waals surface area contributed by atoms with Gasteiger partial charge in [-0.2, -0.15) is 0 Å². The van der Waals surface area contributed by atoms with Crippen molar-refractivity contribution >= 4 is 5.78 Å². The third kappa shape index (κ3) is 2.44. The topological polar surface area (TPSA) is 127 Å².